The maximum Gasteiger partial charge on any atom is 0.264 e. The Kier molecular flexibility index (Phi) is 5.36. The van der Waals surface area contributed by atoms with Crippen LogP contribution in [0.2, 0.25) is 5.02 Å². The van der Waals surface area contributed by atoms with Crippen LogP contribution in [0.5, 0.6) is 11.5 Å². The summed E-state index contributed by atoms with van der Waals surface area (Å²) in [5.41, 5.74) is 1.75. The molecule has 0 aliphatic carbocycles. The quantitative estimate of drug-likeness (QED) is 0.621. The van der Waals surface area contributed by atoms with Gasteiger partial charge in [0.25, 0.3) is 5.89 Å². The third-order valence-electron chi connectivity index (χ3n) is 3.48. The van der Waals surface area contributed by atoms with E-state index in [1.165, 1.54) is 0 Å². The Morgan fingerprint density at radius 1 is 1.16 bits per heavy atom. The highest BCUT2D eigenvalue weighted by Gasteiger charge is 2.13. The summed E-state index contributed by atoms with van der Waals surface area (Å²) in [6.07, 6.45) is 3.95. The number of hydrogen-bond acceptors (Lipinski definition) is 5. The van der Waals surface area contributed by atoms with Gasteiger partial charge in [0.1, 0.15) is 0 Å². The van der Waals surface area contributed by atoms with Gasteiger partial charge in [-0.2, -0.15) is 4.98 Å². The number of methoxy groups -OCH3 is 1. The summed E-state index contributed by atoms with van der Waals surface area (Å²) < 4.78 is 16.4. The Morgan fingerprint density at radius 3 is 2.76 bits per heavy atom. The molecule has 0 aliphatic heterocycles. The molecule has 0 unspecified atom stereocenters. The van der Waals surface area contributed by atoms with Gasteiger partial charge in [-0.3, -0.25) is 0 Å². The van der Waals surface area contributed by atoms with Crippen LogP contribution in [0.3, 0.4) is 0 Å². The fourth-order valence-electron chi connectivity index (χ4n) is 2.30. The average molecular weight is 357 g/mol. The summed E-state index contributed by atoms with van der Waals surface area (Å²) in [5, 5.41) is 4.52. The van der Waals surface area contributed by atoms with E-state index in [0.29, 0.717) is 33.8 Å². The number of rotatable bonds is 6. The van der Waals surface area contributed by atoms with Crippen LogP contribution in [0.4, 0.5) is 0 Å². The lowest BCUT2D eigenvalue weighted by molar-refractivity contribution is 0.233. The summed E-state index contributed by atoms with van der Waals surface area (Å²) in [4.78, 5) is 4.32. The van der Waals surface area contributed by atoms with E-state index in [1.54, 1.807) is 13.2 Å². The molecular formula is C19H17ClN2O3. The first-order valence-electron chi connectivity index (χ1n) is 7.72. The topological polar surface area (TPSA) is 57.4 Å². The minimum absolute atomic E-state index is 0.136. The Labute approximate surface area is 150 Å². The van der Waals surface area contributed by atoms with Gasteiger partial charge in [-0.15, -0.1) is 0 Å². The molecule has 0 spiro atoms. The summed E-state index contributed by atoms with van der Waals surface area (Å²) >= 11 is 6.15. The van der Waals surface area contributed by atoms with Gasteiger partial charge in [0, 0.05) is 5.56 Å². The molecule has 0 bridgehead atoms. The normalized spacial score (nSPS) is 11.0. The molecule has 25 heavy (non-hydrogen) atoms. The van der Waals surface area contributed by atoms with E-state index in [2.05, 4.69) is 10.1 Å². The molecule has 1 heterocycles. The van der Waals surface area contributed by atoms with E-state index in [0.717, 1.165) is 5.56 Å². The Balaban J connectivity index is 1.73. The van der Waals surface area contributed by atoms with E-state index >= 15 is 0 Å². The fraction of sp³-hybridized carbons (Fsp3) is 0.158. The molecule has 3 aromatic rings. The van der Waals surface area contributed by atoms with Crippen molar-refractivity contribution in [1.82, 2.24) is 10.1 Å². The average Bonchev–Trinajstić information content (AvgIpc) is 3.10. The second-order valence-corrected chi connectivity index (χ2v) is 5.60. The van der Waals surface area contributed by atoms with Crippen molar-refractivity contribution in [3.8, 4) is 22.9 Å². The van der Waals surface area contributed by atoms with E-state index in [-0.39, 0.29) is 6.61 Å². The Bertz CT molecular complexity index is 890. The number of halogens is 1. The van der Waals surface area contributed by atoms with Crippen molar-refractivity contribution in [2.45, 2.75) is 13.5 Å². The summed E-state index contributed by atoms with van der Waals surface area (Å²) in [5.74, 6) is 2.03. The van der Waals surface area contributed by atoms with Gasteiger partial charge in [-0.05, 0) is 36.8 Å². The Morgan fingerprint density at radius 2 is 2.00 bits per heavy atom. The minimum Gasteiger partial charge on any atom is -0.493 e. The molecule has 0 amide bonds. The summed E-state index contributed by atoms with van der Waals surface area (Å²) in [7, 11) is 1.60. The van der Waals surface area contributed by atoms with E-state index in [1.807, 2.05) is 55.5 Å². The van der Waals surface area contributed by atoms with Gasteiger partial charge in [0.05, 0.1) is 12.1 Å². The number of aromatic nitrogens is 2. The molecule has 6 heteroatoms. The van der Waals surface area contributed by atoms with Gasteiger partial charge in [-0.1, -0.05) is 47.1 Å². The van der Waals surface area contributed by atoms with Crippen LogP contribution in [0, 0.1) is 0 Å². The third-order valence-corrected chi connectivity index (χ3v) is 3.81. The zero-order chi connectivity index (χ0) is 17.6. The van der Waals surface area contributed by atoms with Gasteiger partial charge in [0.15, 0.2) is 18.1 Å². The first-order valence-corrected chi connectivity index (χ1v) is 8.10. The monoisotopic (exact) mass is 356 g/mol. The number of allylic oxidation sites excluding steroid dienone is 1. The number of hydrogen-bond donors (Lipinski definition) is 0. The smallest absolute Gasteiger partial charge is 0.264 e. The van der Waals surface area contributed by atoms with E-state index in [9.17, 15) is 0 Å². The largest absolute Gasteiger partial charge is 0.493 e. The molecule has 0 radical (unpaired) electrons. The van der Waals surface area contributed by atoms with Crippen LogP contribution in [0.25, 0.3) is 17.5 Å². The van der Waals surface area contributed by atoms with E-state index in [4.69, 9.17) is 25.6 Å². The first-order chi connectivity index (χ1) is 12.2. The predicted molar refractivity (Wildman–Crippen MR) is 96.8 cm³/mol. The molecule has 0 aliphatic rings. The van der Waals surface area contributed by atoms with Crippen molar-refractivity contribution in [2.75, 3.05) is 7.11 Å². The van der Waals surface area contributed by atoms with Gasteiger partial charge < -0.3 is 14.0 Å². The highest BCUT2D eigenvalue weighted by Crippen LogP contribution is 2.30. The fourth-order valence-corrected chi connectivity index (χ4v) is 2.52. The molecule has 0 fully saturated rings. The van der Waals surface area contributed by atoms with Crippen LogP contribution < -0.4 is 9.47 Å². The SMILES string of the molecule is C/C=C/c1ccc(OCc2nc(-c3ccccc3Cl)no2)c(OC)c1. The van der Waals surface area contributed by atoms with Gasteiger partial charge in [0.2, 0.25) is 5.82 Å². The van der Waals surface area contributed by atoms with Crippen LogP contribution >= 0.6 is 11.6 Å². The minimum atomic E-state index is 0.136. The third kappa shape index (κ3) is 4.00. The lowest BCUT2D eigenvalue weighted by Gasteiger charge is -2.09. The van der Waals surface area contributed by atoms with Crippen LogP contribution in [0.1, 0.15) is 18.4 Å². The molecule has 2 aromatic carbocycles. The molecule has 128 valence electrons. The van der Waals surface area contributed by atoms with Gasteiger partial charge in [-0.25, -0.2) is 0 Å². The molecule has 3 rings (SSSR count). The molecule has 0 atom stereocenters. The number of benzene rings is 2. The van der Waals surface area contributed by atoms with Crippen molar-refractivity contribution in [2.24, 2.45) is 0 Å². The van der Waals surface area contributed by atoms with Gasteiger partial charge >= 0.3 is 0 Å². The second kappa shape index (κ2) is 7.85. The lowest BCUT2D eigenvalue weighted by Crippen LogP contribution is -1.98. The molecule has 5 nitrogen and oxygen atoms in total. The first kappa shape index (κ1) is 17.0. The van der Waals surface area contributed by atoms with Crippen molar-refractivity contribution in [3.63, 3.8) is 0 Å². The van der Waals surface area contributed by atoms with Crippen LogP contribution in [0.15, 0.2) is 53.1 Å². The maximum atomic E-state index is 6.15. The second-order valence-electron chi connectivity index (χ2n) is 5.19. The lowest BCUT2D eigenvalue weighted by atomic mass is 10.2. The summed E-state index contributed by atoms with van der Waals surface area (Å²) in [6.45, 7) is 2.10. The van der Waals surface area contributed by atoms with Crippen molar-refractivity contribution >= 4 is 17.7 Å². The van der Waals surface area contributed by atoms with Crippen molar-refractivity contribution in [3.05, 3.63) is 65.0 Å². The summed E-state index contributed by atoms with van der Waals surface area (Å²) in [6, 6.07) is 13.0. The van der Waals surface area contributed by atoms with Crippen molar-refractivity contribution < 1.29 is 14.0 Å². The van der Waals surface area contributed by atoms with Crippen LogP contribution in [-0.2, 0) is 6.61 Å². The number of ether oxygens (including phenoxy) is 2. The maximum absolute atomic E-state index is 6.15. The zero-order valence-electron chi connectivity index (χ0n) is 13.9. The Hall–Kier alpha value is -2.79. The molecule has 0 saturated heterocycles. The molecular weight excluding hydrogens is 340 g/mol. The zero-order valence-corrected chi connectivity index (χ0v) is 14.7. The molecule has 0 saturated carbocycles. The van der Waals surface area contributed by atoms with Crippen molar-refractivity contribution in [1.29, 1.82) is 0 Å². The highest BCUT2D eigenvalue weighted by atomic mass is 35.5. The number of nitrogens with zero attached hydrogens (tertiary/aromatic N) is 2. The molecule has 0 N–H and O–H groups in total. The predicted octanol–water partition coefficient (Wildman–Crippen LogP) is 5.01. The van der Waals surface area contributed by atoms with Crippen LogP contribution in [-0.4, -0.2) is 17.3 Å². The standard InChI is InChI=1S/C19H17ClN2O3/c1-3-6-13-9-10-16(17(11-13)23-2)24-12-18-21-19(22-25-18)14-7-4-5-8-15(14)20/h3-11H,12H2,1-2H3/b6-3+. The molecule has 1 aromatic heterocycles. The highest BCUT2D eigenvalue weighted by molar-refractivity contribution is 6.33. The van der Waals surface area contributed by atoms with E-state index < -0.39 is 0 Å².